The molecular formula is C12H17FN2O2S. The molecule has 1 aliphatic rings. The maximum absolute atomic E-state index is 13.1. The maximum atomic E-state index is 13.1. The number of rotatable bonds is 5. The quantitative estimate of drug-likeness (QED) is 0.844. The normalized spacial score (nSPS) is 17.7. The maximum Gasteiger partial charge on any atom is 0.240 e. The van der Waals surface area contributed by atoms with E-state index in [1.54, 1.807) is 6.92 Å². The summed E-state index contributed by atoms with van der Waals surface area (Å²) in [7, 11) is -3.68. The summed E-state index contributed by atoms with van der Waals surface area (Å²) in [6, 6.07) is 3.56. The second-order valence-electron chi connectivity index (χ2n) is 4.76. The third-order valence-corrected chi connectivity index (χ3v) is 4.74. The summed E-state index contributed by atoms with van der Waals surface area (Å²) in [5, 5.41) is 0. The molecule has 0 aromatic heterocycles. The number of nitrogens with one attached hydrogen (secondary N) is 1. The van der Waals surface area contributed by atoms with Gasteiger partial charge in [-0.3, -0.25) is 0 Å². The van der Waals surface area contributed by atoms with E-state index in [2.05, 4.69) is 4.72 Å². The van der Waals surface area contributed by atoms with Gasteiger partial charge in [-0.15, -0.1) is 0 Å². The van der Waals surface area contributed by atoms with Crippen molar-refractivity contribution in [2.45, 2.75) is 30.7 Å². The van der Waals surface area contributed by atoms with Crippen LogP contribution >= 0.6 is 0 Å². The molecule has 0 saturated heterocycles. The molecule has 2 rings (SSSR count). The highest BCUT2D eigenvalue weighted by molar-refractivity contribution is 7.89. The molecule has 100 valence electrons. The van der Waals surface area contributed by atoms with Gasteiger partial charge in [0.05, 0.1) is 4.90 Å². The lowest BCUT2D eigenvalue weighted by atomic mass is 10.2. The van der Waals surface area contributed by atoms with Crippen molar-refractivity contribution in [3.8, 4) is 0 Å². The summed E-state index contributed by atoms with van der Waals surface area (Å²) in [6.45, 7) is 1.83. The molecule has 1 saturated carbocycles. The fraction of sp³-hybridized carbons (Fsp3) is 0.500. The molecule has 0 amide bonds. The lowest BCUT2D eigenvalue weighted by molar-refractivity contribution is 0.546. The van der Waals surface area contributed by atoms with Crippen LogP contribution in [-0.4, -0.2) is 21.0 Å². The van der Waals surface area contributed by atoms with Crippen LogP contribution in [0.15, 0.2) is 23.1 Å². The van der Waals surface area contributed by atoms with Gasteiger partial charge in [-0.25, -0.2) is 17.5 Å². The Labute approximate surface area is 106 Å². The molecule has 0 aliphatic heterocycles. The summed E-state index contributed by atoms with van der Waals surface area (Å²) < 4.78 is 39.6. The van der Waals surface area contributed by atoms with E-state index in [4.69, 9.17) is 5.73 Å². The van der Waals surface area contributed by atoms with Crippen LogP contribution in [0.25, 0.3) is 0 Å². The fourth-order valence-electron chi connectivity index (χ4n) is 1.84. The van der Waals surface area contributed by atoms with E-state index >= 15 is 0 Å². The highest BCUT2D eigenvalue weighted by Crippen LogP contribution is 2.31. The number of hydrogen-bond acceptors (Lipinski definition) is 3. The zero-order chi connectivity index (χ0) is 13.3. The van der Waals surface area contributed by atoms with E-state index in [9.17, 15) is 12.8 Å². The number of aryl methyl sites for hydroxylation is 1. The first kappa shape index (κ1) is 13.5. The second-order valence-corrected chi connectivity index (χ2v) is 6.50. The predicted molar refractivity (Wildman–Crippen MR) is 67.0 cm³/mol. The summed E-state index contributed by atoms with van der Waals surface area (Å²) in [5.74, 6) is -0.145. The molecule has 18 heavy (non-hydrogen) atoms. The van der Waals surface area contributed by atoms with Crippen LogP contribution in [0.4, 0.5) is 4.39 Å². The summed E-state index contributed by atoms with van der Waals surface area (Å²) in [5.41, 5.74) is 6.35. The molecule has 1 unspecified atom stereocenters. The van der Waals surface area contributed by atoms with Crippen LogP contribution in [0, 0.1) is 18.7 Å². The van der Waals surface area contributed by atoms with Crippen LogP contribution < -0.4 is 10.5 Å². The van der Waals surface area contributed by atoms with Gasteiger partial charge in [-0.05, 0) is 43.4 Å². The van der Waals surface area contributed by atoms with Crippen LogP contribution in [-0.2, 0) is 10.0 Å². The standard InChI is InChI=1S/C12H17FN2O2S/c1-8-2-5-10(13)6-12(8)18(16,17)15-7-11(14)9-3-4-9/h2,5-6,9,11,15H,3-4,7,14H2,1H3. The zero-order valence-electron chi connectivity index (χ0n) is 10.2. The molecule has 1 aliphatic carbocycles. The second kappa shape index (κ2) is 4.95. The highest BCUT2D eigenvalue weighted by atomic mass is 32.2. The third kappa shape index (κ3) is 3.07. The van der Waals surface area contributed by atoms with Crippen molar-refractivity contribution in [2.75, 3.05) is 6.54 Å². The van der Waals surface area contributed by atoms with E-state index in [-0.39, 0.29) is 17.5 Å². The number of halogens is 1. The SMILES string of the molecule is Cc1ccc(F)cc1S(=O)(=O)NCC(N)C1CC1. The van der Waals surface area contributed by atoms with Crippen molar-refractivity contribution in [1.29, 1.82) is 0 Å². The van der Waals surface area contributed by atoms with Gasteiger partial charge in [0.25, 0.3) is 0 Å². The fourth-order valence-corrected chi connectivity index (χ4v) is 3.17. The first-order valence-corrected chi connectivity index (χ1v) is 7.40. The van der Waals surface area contributed by atoms with Gasteiger partial charge >= 0.3 is 0 Å². The van der Waals surface area contributed by atoms with Gasteiger partial charge in [0.15, 0.2) is 0 Å². The smallest absolute Gasteiger partial charge is 0.240 e. The lowest BCUT2D eigenvalue weighted by Gasteiger charge is -2.13. The van der Waals surface area contributed by atoms with E-state index < -0.39 is 15.8 Å². The minimum absolute atomic E-state index is 0.0227. The Morgan fingerprint density at radius 1 is 1.50 bits per heavy atom. The van der Waals surface area contributed by atoms with Gasteiger partial charge < -0.3 is 5.73 Å². The molecule has 6 heteroatoms. The first-order chi connectivity index (χ1) is 8.40. The van der Waals surface area contributed by atoms with Crippen molar-refractivity contribution in [3.63, 3.8) is 0 Å². The van der Waals surface area contributed by atoms with Gasteiger partial charge in [-0.2, -0.15) is 0 Å². The highest BCUT2D eigenvalue weighted by Gasteiger charge is 2.29. The Balaban J connectivity index is 2.11. The Bertz CT molecular complexity index is 541. The molecule has 1 fully saturated rings. The topological polar surface area (TPSA) is 72.2 Å². The molecular weight excluding hydrogens is 255 g/mol. The predicted octanol–water partition coefficient (Wildman–Crippen LogP) is 1.15. The van der Waals surface area contributed by atoms with Gasteiger partial charge in [0.2, 0.25) is 10.0 Å². The molecule has 0 spiro atoms. The Morgan fingerprint density at radius 2 is 2.17 bits per heavy atom. The zero-order valence-corrected chi connectivity index (χ0v) is 11.0. The van der Waals surface area contributed by atoms with E-state index in [0.717, 1.165) is 18.9 Å². The lowest BCUT2D eigenvalue weighted by Crippen LogP contribution is -2.38. The van der Waals surface area contributed by atoms with Crippen molar-refractivity contribution < 1.29 is 12.8 Å². The third-order valence-electron chi connectivity index (χ3n) is 3.18. The molecule has 1 aromatic rings. The van der Waals surface area contributed by atoms with Crippen molar-refractivity contribution in [3.05, 3.63) is 29.6 Å². The van der Waals surface area contributed by atoms with E-state index in [1.165, 1.54) is 12.1 Å². The molecule has 4 nitrogen and oxygen atoms in total. The van der Waals surface area contributed by atoms with Crippen molar-refractivity contribution >= 4 is 10.0 Å². The van der Waals surface area contributed by atoms with Gasteiger partial charge in [-0.1, -0.05) is 6.07 Å². The van der Waals surface area contributed by atoms with Crippen LogP contribution in [0.3, 0.4) is 0 Å². The molecule has 0 radical (unpaired) electrons. The molecule has 0 heterocycles. The van der Waals surface area contributed by atoms with Crippen molar-refractivity contribution in [2.24, 2.45) is 11.7 Å². The summed E-state index contributed by atoms with van der Waals surface area (Å²) >= 11 is 0. The number of hydrogen-bond donors (Lipinski definition) is 2. The average Bonchev–Trinajstić information content (AvgIpc) is 3.13. The number of sulfonamides is 1. The molecule has 1 aromatic carbocycles. The Kier molecular flexibility index (Phi) is 3.70. The van der Waals surface area contributed by atoms with Gasteiger partial charge in [0, 0.05) is 12.6 Å². The van der Waals surface area contributed by atoms with Crippen molar-refractivity contribution in [1.82, 2.24) is 4.72 Å². The minimum Gasteiger partial charge on any atom is -0.326 e. The monoisotopic (exact) mass is 272 g/mol. The Morgan fingerprint density at radius 3 is 2.78 bits per heavy atom. The molecule has 0 bridgehead atoms. The van der Waals surface area contributed by atoms with Crippen LogP contribution in [0.2, 0.25) is 0 Å². The summed E-state index contributed by atoms with van der Waals surface area (Å²) in [6.07, 6.45) is 2.11. The number of benzene rings is 1. The van der Waals surface area contributed by atoms with Crippen LogP contribution in [0.5, 0.6) is 0 Å². The Hall–Kier alpha value is -0.980. The van der Waals surface area contributed by atoms with E-state index in [1.807, 2.05) is 0 Å². The molecule has 1 atom stereocenters. The largest absolute Gasteiger partial charge is 0.326 e. The number of nitrogens with two attached hydrogens (primary N) is 1. The first-order valence-electron chi connectivity index (χ1n) is 5.91. The average molecular weight is 272 g/mol. The summed E-state index contributed by atoms with van der Waals surface area (Å²) in [4.78, 5) is -0.0227. The van der Waals surface area contributed by atoms with Crippen LogP contribution in [0.1, 0.15) is 18.4 Å². The van der Waals surface area contributed by atoms with E-state index in [0.29, 0.717) is 11.5 Å². The van der Waals surface area contributed by atoms with Gasteiger partial charge in [0.1, 0.15) is 5.82 Å². The molecule has 3 N–H and O–H groups in total. The minimum atomic E-state index is -3.68.